The summed E-state index contributed by atoms with van der Waals surface area (Å²) in [5.41, 5.74) is 7.14. The number of rotatable bonds is 5. The van der Waals surface area contributed by atoms with Crippen LogP contribution < -0.4 is 10.1 Å². The van der Waals surface area contributed by atoms with Gasteiger partial charge in [0, 0.05) is 18.1 Å². The summed E-state index contributed by atoms with van der Waals surface area (Å²) in [6.45, 7) is 6.53. The zero-order valence-electron chi connectivity index (χ0n) is 18.1. The molecule has 0 unspecified atom stereocenters. The highest BCUT2D eigenvalue weighted by Gasteiger charge is 2.21. The summed E-state index contributed by atoms with van der Waals surface area (Å²) in [6.07, 6.45) is 3.59. The Morgan fingerprint density at radius 2 is 1.56 bits per heavy atom. The van der Waals surface area contributed by atoms with E-state index in [-0.39, 0.29) is 0 Å². The molecule has 5 rings (SSSR count). The molecule has 0 bridgehead atoms. The highest BCUT2D eigenvalue weighted by molar-refractivity contribution is 5.67. The van der Waals surface area contributed by atoms with E-state index in [1.165, 1.54) is 5.56 Å². The molecule has 2 aromatic heterocycles. The SMILES string of the molecule is Cc1ccc(Nc2nc3c(c(Oc4c(C)cc(-c5ccncc5)cc4C)n2)CN=N3)cc1. The van der Waals surface area contributed by atoms with Gasteiger partial charge in [-0.25, -0.2) is 0 Å². The molecule has 1 N–H and O–H groups in total. The van der Waals surface area contributed by atoms with Crippen molar-refractivity contribution in [3.05, 3.63) is 83.2 Å². The highest BCUT2D eigenvalue weighted by Crippen LogP contribution is 2.38. The first-order valence-electron chi connectivity index (χ1n) is 10.4. The van der Waals surface area contributed by atoms with Gasteiger partial charge in [-0.2, -0.15) is 15.1 Å². The largest absolute Gasteiger partial charge is 0.438 e. The number of azo groups is 1. The van der Waals surface area contributed by atoms with Gasteiger partial charge >= 0.3 is 0 Å². The van der Waals surface area contributed by atoms with E-state index in [0.29, 0.717) is 24.2 Å². The monoisotopic (exact) mass is 422 g/mol. The Labute approximate surface area is 186 Å². The number of hydrogen-bond acceptors (Lipinski definition) is 7. The van der Waals surface area contributed by atoms with E-state index in [0.717, 1.165) is 39.3 Å². The van der Waals surface area contributed by atoms with Crippen LogP contribution in [0.1, 0.15) is 22.3 Å². The molecule has 0 fully saturated rings. The van der Waals surface area contributed by atoms with E-state index in [1.54, 1.807) is 12.4 Å². The highest BCUT2D eigenvalue weighted by atomic mass is 16.5. The van der Waals surface area contributed by atoms with Gasteiger partial charge in [0.1, 0.15) is 5.75 Å². The number of pyridine rings is 1. The molecule has 3 heterocycles. The van der Waals surface area contributed by atoms with Gasteiger partial charge < -0.3 is 10.1 Å². The van der Waals surface area contributed by atoms with Crippen molar-refractivity contribution in [2.24, 2.45) is 10.2 Å². The van der Waals surface area contributed by atoms with Crippen LogP contribution in [0, 0.1) is 20.8 Å². The summed E-state index contributed by atoms with van der Waals surface area (Å²) >= 11 is 0. The predicted octanol–water partition coefficient (Wildman–Crippen LogP) is 6.60. The van der Waals surface area contributed by atoms with Crippen LogP contribution >= 0.6 is 0 Å². The molecular formula is C25H22N6O. The molecule has 7 heteroatoms. The molecule has 0 saturated heterocycles. The van der Waals surface area contributed by atoms with E-state index in [1.807, 2.05) is 57.2 Å². The number of anilines is 2. The van der Waals surface area contributed by atoms with Gasteiger partial charge in [0.05, 0.1) is 12.1 Å². The number of nitrogens with zero attached hydrogens (tertiary/aromatic N) is 5. The molecule has 0 spiro atoms. The predicted molar refractivity (Wildman–Crippen MR) is 124 cm³/mol. The summed E-state index contributed by atoms with van der Waals surface area (Å²) in [5, 5.41) is 11.5. The third kappa shape index (κ3) is 3.92. The number of nitrogens with one attached hydrogen (secondary N) is 1. The number of ether oxygens (including phenoxy) is 1. The average molecular weight is 422 g/mol. The van der Waals surface area contributed by atoms with Crippen molar-refractivity contribution in [1.82, 2.24) is 15.0 Å². The van der Waals surface area contributed by atoms with Crippen LogP contribution in [-0.4, -0.2) is 15.0 Å². The lowest BCUT2D eigenvalue weighted by molar-refractivity contribution is 0.450. The van der Waals surface area contributed by atoms with Crippen molar-refractivity contribution in [3.8, 4) is 22.8 Å². The first kappa shape index (κ1) is 19.8. The quantitative estimate of drug-likeness (QED) is 0.392. The fraction of sp³-hybridized carbons (Fsp3) is 0.160. The first-order chi connectivity index (χ1) is 15.6. The zero-order valence-corrected chi connectivity index (χ0v) is 18.1. The molecular weight excluding hydrogens is 400 g/mol. The maximum atomic E-state index is 6.35. The summed E-state index contributed by atoms with van der Waals surface area (Å²) in [4.78, 5) is 13.3. The second kappa shape index (κ2) is 8.19. The number of aromatic nitrogens is 3. The second-order valence-electron chi connectivity index (χ2n) is 7.82. The lowest BCUT2D eigenvalue weighted by Crippen LogP contribution is -2.03. The minimum absolute atomic E-state index is 0.405. The van der Waals surface area contributed by atoms with Gasteiger partial charge in [-0.3, -0.25) is 4.98 Å². The fourth-order valence-corrected chi connectivity index (χ4v) is 3.67. The lowest BCUT2D eigenvalue weighted by atomic mass is 10.0. The standard InChI is InChI=1S/C25H22N6O/c1-15-4-6-20(7-5-15)28-25-29-23-21(14-27-31-23)24(30-25)32-22-16(2)12-19(13-17(22)3)18-8-10-26-11-9-18/h4-13H,14H2,1-3H3,(H,28,29,30). The summed E-state index contributed by atoms with van der Waals surface area (Å²) in [7, 11) is 0. The van der Waals surface area contributed by atoms with Crippen molar-refractivity contribution < 1.29 is 4.74 Å². The molecule has 0 saturated carbocycles. The van der Waals surface area contributed by atoms with Crippen LogP contribution in [0.25, 0.3) is 11.1 Å². The van der Waals surface area contributed by atoms with Crippen LogP contribution in [0.2, 0.25) is 0 Å². The van der Waals surface area contributed by atoms with E-state index in [2.05, 4.69) is 42.6 Å². The summed E-state index contributed by atoms with van der Waals surface area (Å²) in [6, 6.07) is 16.3. The minimum Gasteiger partial charge on any atom is -0.438 e. The van der Waals surface area contributed by atoms with E-state index in [4.69, 9.17) is 4.74 Å². The Kier molecular flexibility index (Phi) is 5.07. The van der Waals surface area contributed by atoms with Crippen LogP contribution in [-0.2, 0) is 6.54 Å². The van der Waals surface area contributed by atoms with Gasteiger partial charge in [-0.15, -0.1) is 5.11 Å². The first-order valence-corrected chi connectivity index (χ1v) is 10.4. The number of hydrogen-bond donors (Lipinski definition) is 1. The molecule has 0 atom stereocenters. The molecule has 1 aliphatic rings. The molecule has 2 aromatic carbocycles. The number of aryl methyl sites for hydroxylation is 3. The molecule has 7 nitrogen and oxygen atoms in total. The summed E-state index contributed by atoms with van der Waals surface area (Å²) in [5.74, 6) is 2.20. The van der Waals surface area contributed by atoms with E-state index >= 15 is 0 Å². The zero-order chi connectivity index (χ0) is 22.1. The molecule has 0 aliphatic carbocycles. The van der Waals surface area contributed by atoms with Crippen LogP contribution in [0.5, 0.6) is 11.6 Å². The fourth-order valence-electron chi connectivity index (χ4n) is 3.67. The average Bonchev–Trinajstić information content (AvgIpc) is 3.27. The third-order valence-corrected chi connectivity index (χ3v) is 5.32. The topological polar surface area (TPSA) is 84.7 Å². The smallest absolute Gasteiger partial charge is 0.232 e. The molecule has 1 aliphatic heterocycles. The van der Waals surface area contributed by atoms with Crippen molar-refractivity contribution in [3.63, 3.8) is 0 Å². The second-order valence-corrected chi connectivity index (χ2v) is 7.82. The number of fused-ring (bicyclic) bond motifs is 1. The van der Waals surface area contributed by atoms with E-state index in [9.17, 15) is 0 Å². The Morgan fingerprint density at radius 3 is 2.28 bits per heavy atom. The molecule has 4 aromatic rings. The maximum Gasteiger partial charge on any atom is 0.232 e. The van der Waals surface area contributed by atoms with Gasteiger partial charge in [0.25, 0.3) is 0 Å². The lowest BCUT2D eigenvalue weighted by Gasteiger charge is -2.16. The number of benzene rings is 2. The van der Waals surface area contributed by atoms with Crippen LogP contribution in [0.3, 0.4) is 0 Å². The molecule has 0 radical (unpaired) electrons. The molecule has 0 amide bonds. The van der Waals surface area contributed by atoms with Crippen molar-refractivity contribution >= 4 is 17.5 Å². The van der Waals surface area contributed by atoms with Gasteiger partial charge in [-0.05, 0) is 79.4 Å². The van der Waals surface area contributed by atoms with Crippen molar-refractivity contribution in [2.45, 2.75) is 27.3 Å². The molecule has 158 valence electrons. The summed E-state index contributed by atoms with van der Waals surface area (Å²) < 4.78 is 6.35. The van der Waals surface area contributed by atoms with Crippen LogP contribution in [0.4, 0.5) is 17.5 Å². The molecule has 32 heavy (non-hydrogen) atoms. The maximum absolute atomic E-state index is 6.35. The Balaban J connectivity index is 1.49. The normalized spacial score (nSPS) is 12.0. The van der Waals surface area contributed by atoms with Crippen molar-refractivity contribution in [1.29, 1.82) is 0 Å². The van der Waals surface area contributed by atoms with Gasteiger partial charge in [-0.1, -0.05) is 17.7 Å². The van der Waals surface area contributed by atoms with Crippen molar-refractivity contribution in [2.75, 3.05) is 5.32 Å². The van der Waals surface area contributed by atoms with Crippen LogP contribution in [0.15, 0.2) is 71.2 Å². The van der Waals surface area contributed by atoms with Gasteiger partial charge in [0.15, 0.2) is 5.82 Å². The Morgan fingerprint density at radius 1 is 0.844 bits per heavy atom. The minimum atomic E-state index is 0.405. The Bertz CT molecular complexity index is 1290. The Hall–Kier alpha value is -4.13. The van der Waals surface area contributed by atoms with Gasteiger partial charge in [0.2, 0.25) is 11.8 Å². The third-order valence-electron chi connectivity index (χ3n) is 5.32. The van der Waals surface area contributed by atoms with E-state index < -0.39 is 0 Å².